The highest BCUT2D eigenvalue weighted by molar-refractivity contribution is 6.30. The van der Waals surface area contributed by atoms with E-state index in [1.165, 1.54) is 12.1 Å². The summed E-state index contributed by atoms with van der Waals surface area (Å²) < 4.78 is 29.1. The average Bonchev–Trinajstić information content (AvgIpc) is 2.40. The second-order valence-corrected chi connectivity index (χ2v) is 4.98. The topological polar surface area (TPSA) is 41.5 Å². The molecule has 0 saturated heterocycles. The molecule has 0 saturated carbocycles. The summed E-state index contributed by atoms with van der Waals surface area (Å²) in [5.74, 6) is 0.491. The third-order valence-electron chi connectivity index (χ3n) is 3.10. The van der Waals surface area contributed by atoms with Crippen molar-refractivity contribution in [2.24, 2.45) is 5.92 Å². The number of nitrogens with one attached hydrogen (secondary N) is 1. The molecule has 1 aromatic rings. The third-order valence-corrected chi connectivity index (χ3v) is 3.34. The van der Waals surface area contributed by atoms with Gasteiger partial charge in [-0.3, -0.25) is 0 Å². The zero-order valence-corrected chi connectivity index (χ0v) is 12.2. The molecule has 0 aliphatic heterocycles. The van der Waals surface area contributed by atoms with Crippen LogP contribution in [0.3, 0.4) is 0 Å². The number of rotatable bonds is 9. The predicted octanol–water partition coefficient (Wildman–Crippen LogP) is 3.44. The fourth-order valence-electron chi connectivity index (χ4n) is 1.94. The van der Waals surface area contributed by atoms with Crippen LogP contribution in [0, 0.1) is 5.92 Å². The van der Waals surface area contributed by atoms with Crippen LogP contribution >= 0.6 is 11.6 Å². The first-order valence-corrected chi connectivity index (χ1v) is 6.99. The normalized spacial score (nSPS) is 12.7. The molecular formula is C14H20ClF2NO2. The summed E-state index contributed by atoms with van der Waals surface area (Å²) in [7, 11) is 0. The van der Waals surface area contributed by atoms with Crippen LogP contribution in [-0.4, -0.2) is 24.9 Å². The lowest BCUT2D eigenvalue weighted by Gasteiger charge is -2.16. The molecule has 1 unspecified atom stereocenters. The molecule has 0 aliphatic rings. The zero-order valence-electron chi connectivity index (χ0n) is 11.4. The van der Waals surface area contributed by atoms with E-state index in [0.29, 0.717) is 29.6 Å². The minimum Gasteiger partial charge on any atom is -0.434 e. The van der Waals surface area contributed by atoms with Gasteiger partial charge in [-0.1, -0.05) is 24.9 Å². The lowest BCUT2D eigenvalue weighted by Crippen LogP contribution is -2.23. The highest BCUT2D eigenvalue weighted by atomic mass is 35.5. The monoisotopic (exact) mass is 307 g/mol. The van der Waals surface area contributed by atoms with Crippen molar-refractivity contribution in [1.82, 2.24) is 5.32 Å². The Hall–Kier alpha value is -0.910. The second kappa shape index (κ2) is 9.10. The van der Waals surface area contributed by atoms with Crippen molar-refractivity contribution >= 4 is 11.6 Å². The molecule has 3 nitrogen and oxygen atoms in total. The van der Waals surface area contributed by atoms with E-state index in [4.69, 9.17) is 16.7 Å². The van der Waals surface area contributed by atoms with Gasteiger partial charge in [-0.2, -0.15) is 8.78 Å². The summed E-state index contributed by atoms with van der Waals surface area (Å²) in [5, 5.41) is 12.6. The van der Waals surface area contributed by atoms with Crippen molar-refractivity contribution in [2.45, 2.75) is 32.9 Å². The molecule has 114 valence electrons. The van der Waals surface area contributed by atoms with Crippen LogP contribution in [0.5, 0.6) is 5.75 Å². The Balaban J connectivity index is 2.59. The number of aliphatic hydroxyl groups is 1. The minimum absolute atomic E-state index is 0.132. The predicted molar refractivity (Wildman–Crippen MR) is 75.3 cm³/mol. The Morgan fingerprint density at radius 3 is 2.75 bits per heavy atom. The molecule has 1 aromatic carbocycles. The first-order chi connectivity index (χ1) is 9.56. The van der Waals surface area contributed by atoms with Crippen LogP contribution in [-0.2, 0) is 6.54 Å². The third kappa shape index (κ3) is 6.03. The Kier molecular flexibility index (Phi) is 7.80. The van der Waals surface area contributed by atoms with Crippen LogP contribution in [0.2, 0.25) is 5.02 Å². The van der Waals surface area contributed by atoms with Gasteiger partial charge in [-0.05, 0) is 37.1 Å². The van der Waals surface area contributed by atoms with Crippen LogP contribution in [0.15, 0.2) is 18.2 Å². The van der Waals surface area contributed by atoms with Gasteiger partial charge in [0.1, 0.15) is 5.75 Å². The van der Waals surface area contributed by atoms with Gasteiger partial charge in [0.25, 0.3) is 0 Å². The van der Waals surface area contributed by atoms with E-state index in [-0.39, 0.29) is 12.4 Å². The molecule has 6 heteroatoms. The molecule has 0 spiro atoms. The van der Waals surface area contributed by atoms with Crippen LogP contribution in [0.1, 0.15) is 25.3 Å². The summed E-state index contributed by atoms with van der Waals surface area (Å²) >= 11 is 5.87. The highest BCUT2D eigenvalue weighted by Crippen LogP contribution is 2.24. The molecule has 0 bridgehead atoms. The number of hydrogen-bond donors (Lipinski definition) is 2. The van der Waals surface area contributed by atoms with E-state index in [1.54, 1.807) is 6.07 Å². The molecular weight excluding hydrogens is 288 g/mol. The summed E-state index contributed by atoms with van der Waals surface area (Å²) in [5.41, 5.74) is 0.594. The molecule has 0 aromatic heterocycles. The van der Waals surface area contributed by atoms with E-state index in [9.17, 15) is 8.78 Å². The minimum atomic E-state index is -2.85. The number of hydrogen-bond acceptors (Lipinski definition) is 3. The maximum absolute atomic E-state index is 12.3. The molecule has 0 fully saturated rings. The largest absolute Gasteiger partial charge is 0.434 e. The van der Waals surface area contributed by atoms with Crippen LogP contribution in [0.25, 0.3) is 0 Å². The van der Waals surface area contributed by atoms with Crippen molar-refractivity contribution in [3.05, 3.63) is 28.8 Å². The fraction of sp³-hybridized carbons (Fsp3) is 0.571. The zero-order chi connectivity index (χ0) is 15.0. The lowest BCUT2D eigenvalue weighted by molar-refractivity contribution is -0.0505. The molecule has 0 radical (unpaired) electrons. The number of aliphatic hydroxyl groups excluding tert-OH is 1. The highest BCUT2D eigenvalue weighted by Gasteiger charge is 2.11. The van der Waals surface area contributed by atoms with Crippen LogP contribution < -0.4 is 10.1 Å². The SMILES string of the molecule is CCC(CCO)CNCc1cc(Cl)ccc1OC(F)F. The van der Waals surface area contributed by atoms with Crippen molar-refractivity contribution in [3.8, 4) is 5.75 Å². The number of halogens is 3. The van der Waals surface area contributed by atoms with Crippen molar-refractivity contribution in [3.63, 3.8) is 0 Å². The summed E-state index contributed by atoms with van der Waals surface area (Å²) in [6, 6.07) is 4.57. The van der Waals surface area contributed by atoms with Gasteiger partial charge in [0.2, 0.25) is 0 Å². The Morgan fingerprint density at radius 1 is 1.40 bits per heavy atom. The first kappa shape index (κ1) is 17.1. The standard InChI is InChI=1S/C14H20ClF2NO2/c1-2-10(5-6-19)8-18-9-11-7-12(15)3-4-13(11)20-14(16)17/h3-4,7,10,14,18-19H,2,5-6,8-9H2,1H3. The number of ether oxygens (including phenoxy) is 1. The molecule has 20 heavy (non-hydrogen) atoms. The van der Waals surface area contributed by atoms with E-state index in [1.807, 2.05) is 6.92 Å². The van der Waals surface area contributed by atoms with Crippen molar-refractivity contribution in [2.75, 3.05) is 13.2 Å². The summed E-state index contributed by atoms with van der Waals surface area (Å²) in [6.07, 6.45) is 1.67. The van der Waals surface area contributed by atoms with E-state index >= 15 is 0 Å². The maximum atomic E-state index is 12.3. The molecule has 2 N–H and O–H groups in total. The lowest BCUT2D eigenvalue weighted by atomic mass is 10.0. The van der Waals surface area contributed by atoms with Gasteiger partial charge in [0.15, 0.2) is 0 Å². The smallest absolute Gasteiger partial charge is 0.387 e. The first-order valence-electron chi connectivity index (χ1n) is 6.61. The molecule has 1 atom stereocenters. The van der Waals surface area contributed by atoms with Gasteiger partial charge in [0.05, 0.1) is 0 Å². The average molecular weight is 308 g/mol. The fourth-order valence-corrected chi connectivity index (χ4v) is 2.14. The molecule has 1 rings (SSSR count). The summed E-state index contributed by atoms with van der Waals surface area (Å²) in [4.78, 5) is 0. The molecule has 0 aliphatic carbocycles. The van der Waals surface area contributed by atoms with Crippen molar-refractivity contribution in [1.29, 1.82) is 0 Å². The second-order valence-electron chi connectivity index (χ2n) is 4.55. The Labute approximate surface area is 122 Å². The number of alkyl halides is 2. The van der Waals surface area contributed by atoms with Gasteiger partial charge < -0.3 is 15.2 Å². The Morgan fingerprint density at radius 2 is 2.15 bits per heavy atom. The van der Waals surface area contributed by atoms with E-state index in [0.717, 1.165) is 12.8 Å². The van der Waals surface area contributed by atoms with Crippen molar-refractivity contribution < 1.29 is 18.6 Å². The quantitative estimate of drug-likeness (QED) is 0.734. The number of benzene rings is 1. The van der Waals surface area contributed by atoms with Gasteiger partial charge in [0, 0.05) is 23.7 Å². The maximum Gasteiger partial charge on any atom is 0.387 e. The van der Waals surface area contributed by atoms with Gasteiger partial charge in [-0.15, -0.1) is 0 Å². The van der Waals surface area contributed by atoms with E-state index in [2.05, 4.69) is 10.1 Å². The summed E-state index contributed by atoms with van der Waals surface area (Å²) in [6.45, 7) is 0.444. The van der Waals surface area contributed by atoms with E-state index < -0.39 is 6.61 Å². The molecule has 0 amide bonds. The van der Waals surface area contributed by atoms with Gasteiger partial charge >= 0.3 is 6.61 Å². The van der Waals surface area contributed by atoms with Gasteiger partial charge in [-0.25, -0.2) is 0 Å². The Bertz CT molecular complexity index is 405. The molecule has 0 heterocycles. The van der Waals surface area contributed by atoms with Crippen LogP contribution in [0.4, 0.5) is 8.78 Å².